The van der Waals surface area contributed by atoms with E-state index in [0.717, 1.165) is 0 Å². The monoisotopic (exact) mass is 200 g/mol. The van der Waals surface area contributed by atoms with Gasteiger partial charge in [0.05, 0.1) is 0 Å². The van der Waals surface area contributed by atoms with Crippen molar-refractivity contribution < 1.29 is 0 Å². The van der Waals surface area contributed by atoms with E-state index in [-0.39, 0.29) is 13.6 Å². The van der Waals surface area contributed by atoms with Gasteiger partial charge < -0.3 is 11.1 Å². The smallest absolute Gasteiger partial charge is 0.0464 e. The average molecular weight is 200 g/mol. The summed E-state index contributed by atoms with van der Waals surface area (Å²) in [7, 11) is 0. The molecule has 0 unspecified atom stereocenters. The average Bonchev–Trinajstić information content (AvgIpc) is 2.56. The van der Waals surface area contributed by atoms with Crippen molar-refractivity contribution in [2.75, 3.05) is 0 Å². The van der Waals surface area contributed by atoms with E-state index >= 15 is 0 Å². The zero-order valence-electron chi connectivity index (χ0n) is 7.83. The molecule has 0 amide bonds. The number of benzene rings is 2. The van der Waals surface area contributed by atoms with Crippen molar-refractivity contribution in [3.05, 3.63) is 48.5 Å². The Bertz CT molecular complexity index is 516. The van der Waals surface area contributed by atoms with Crippen LogP contribution in [0.25, 0.3) is 21.8 Å². The highest BCUT2D eigenvalue weighted by atomic mass is 14.7. The van der Waals surface area contributed by atoms with Gasteiger partial charge in [-0.05, 0) is 12.1 Å². The van der Waals surface area contributed by atoms with Gasteiger partial charge in [0.1, 0.15) is 0 Å². The molecule has 3 rings (SSSR count). The standard InChI is InChI=1S/C12H9N.CH4.H3N/c1-3-7-11-9(5-1)10-6-2-4-8-12(10)13-11;;/h1-8,13H;1H4;1H3. The molecule has 1 heterocycles. The van der Waals surface area contributed by atoms with Gasteiger partial charge in [-0.25, -0.2) is 0 Å². The van der Waals surface area contributed by atoms with Crippen LogP contribution in [0.2, 0.25) is 0 Å². The molecule has 15 heavy (non-hydrogen) atoms. The zero-order valence-corrected chi connectivity index (χ0v) is 7.83. The summed E-state index contributed by atoms with van der Waals surface area (Å²) in [4.78, 5) is 3.38. The fraction of sp³-hybridized carbons (Fsp3) is 0.0769. The molecule has 0 aliphatic rings. The van der Waals surface area contributed by atoms with E-state index in [1.807, 2.05) is 0 Å². The Morgan fingerprint density at radius 3 is 1.53 bits per heavy atom. The van der Waals surface area contributed by atoms with Gasteiger partial charge in [-0.15, -0.1) is 0 Å². The van der Waals surface area contributed by atoms with Crippen LogP contribution in [0.3, 0.4) is 0 Å². The maximum Gasteiger partial charge on any atom is 0.0464 e. The molecular formula is C13H16N2. The van der Waals surface area contributed by atoms with Crippen molar-refractivity contribution in [2.24, 2.45) is 0 Å². The Kier molecular flexibility index (Phi) is 3.12. The Labute approximate surface area is 89.5 Å². The van der Waals surface area contributed by atoms with E-state index in [9.17, 15) is 0 Å². The summed E-state index contributed by atoms with van der Waals surface area (Å²) >= 11 is 0. The van der Waals surface area contributed by atoms with Crippen LogP contribution in [-0.2, 0) is 0 Å². The number of para-hydroxylation sites is 2. The lowest BCUT2D eigenvalue weighted by atomic mass is 10.2. The molecule has 0 aliphatic carbocycles. The van der Waals surface area contributed by atoms with Crippen LogP contribution in [0.4, 0.5) is 0 Å². The third-order valence-corrected chi connectivity index (χ3v) is 2.41. The number of hydrogen-bond donors (Lipinski definition) is 2. The van der Waals surface area contributed by atoms with Crippen molar-refractivity contribution in [2.45, 2.75) is 7.43 Å². The molecule has 0 fully saturated rings. The van der Waals surface area contributed by atoms with E-state index in [1.165, 1.54) is 21.8 Å². The lowest BCUT2D eigenvalue weighted by molar-refractivity contribution is 1.55. The van der Waals surface area contributed by atoms with Crippen molar-refractivity contribution >= 4 is 21.8 Å². The highest BCUT2D eigenvalue weighted by Crippen LogP contribution is 2.24. The largest absolute Gasteiger partial charge is 0.355 e. The minimum atomic E-state index is 0. The second-order valence-electron chi connectivity index (χ2n) is 3.22. The first kappa shape index (κ1) is 11.3. The SMILES string of the molecule is C.N.c1ccc2c(c1)[nH]c1ccccc12. The molecule has 78 valence electrons. The fourth-order valence-electron chi connectivity index (χ4n) is 1.80. The number of aromatic nitrogens is 1. The Hall–Kier alpha value is -1.80. The molecule has 0 radical (unpaired) electrons. The maximum atomic E-state index is 3.38. The topological polar surface area (TPSA) is 50.8 Å². The molecule has 2 nitrogen and oxygen atoms in total. The first-order valence-corrected chi connectivity index (χ1v) is 4.40. The number of nitrogens with one attached hydrogen (secondary N) is 1. The van der Waals surface area contributed by atoms with Crippen LogP contribution in [0.5, 0.6) is 0 Å². The molecule has 0 saturated heterocycles. The molecule has 0 bridgehead atoms. The molecule has 1 aromatic heterocycles. The first-order chi connectivity index (χ1) is 6.45. The van der Waals surface area contributed by atoms with Gasteiger partial charge in [0.15, 0.2) is 0 Å². The summed E-state index contributed by atoms with van der Waals surface area (Å²) in [6.45, 7) is 0. The minimum Gasteiger partial charge on any atom is -0.355 e. The normalized spacial score (nSPS) is 9.60. The molecule has 2 aromatic carbocycles. The zero-order chi connectivity index (χ0) is 8.67. The van der Waals surface area contributed by atoms with Crippen LogP contribution in [-0.4, -0.2) is 4.98 Å². The summed E-state index contributed by atoms with van der Waals surface area (Å²) in [6, 6.07) is 16.8. The summed E-state index contributed by atoms with van der Waals surface area (Å²) in [6.07, 6.45) is 0. The van der Waals surface area contributed by atoms with Gasteiger partial charge in [-0.1, -0.05) is 43.8 Å². The van der Waals surface area contributed by atoms with Gasteiger partial charge >= 0.3 is 0 Å². The summed E-state index contributed by atoms with van der Waals surface area (Å²) in [5, 5.41) is 2.61. The highest BCUT2D eigenvalue weighted by molar-refractivity contribution is 6.06. The van der Waals surface area contributed by atoms with E-state index < -0.39 is 0 Å². The molecule has 0 aliphatic heterocycles. The van der Waals surface area contributed by atoms with E-state index in [2.05, 4.69) is 53.5 Å². The quantitative estimate of drug-likeness (QED) is 0.563. The lowest BCUT2D eigenvalue weighted by Crippen LogP contribution is -1.62. The molecule has 0 atom stereocenters. The Morgan fingerprint density at radius 2 is 1.07 bits per heavy atom. The van der Waals surface area contributed by atoms with Gasteiger partial charge in [0, 0.05) is 21.8 Å². The van der Waals surface area contributed by atoms with Gasteiger partial charge in [0.25, 0.3) is 0 Å². The molecule has 2 heteroatoms. The first-order valence-electron chi connectivity index (χ1n) is 4.40. The van der Waals surface area contributed by atoms with E-state index in [0.29, 0.717) is 0 Å². The predicted octanol–water partition coefficient (Wildman–Crippen LogP) is 4.12. The summed E-state index contributed by atoms with van der Waals surface area (Å²) in [5.74, 6) is 0. The molecule has 4 N–H and O–H groups in total. The summed E-state index contributed by atoms with van der Waals surface area (Å²) in [5.41, 5.74) is 2.42. The number of fused-ring (bicyclic) bond motifs is 3. The molecule has 0 spiro atoms. The Morgan fingerprint density at radius 1 is 0.667 bits per heavy atom. The van der Waals surface area contributed by atoms with Gasteiger partial charge in [0.2, 0.25) is 0 Å². The lowest BCUT2D eigenvalue weighted by Gasteiger charge is -1.87. The fourth-order valence-corrected chi connectivity index (χ4v) is 1.80. The number of hydrogen-bond acceptors (Lipinski definition) is 1. The van der Waals surface area contributed by atoms with Crippen LogP contribution >= 0.6 is 0 Å². The van der Waals surface area contributed by atoms with Crippen molar-refractivity contribution in [3.8, 4) is 0 Å². The second-order valence-corrected chi connectivity index (χ2v) is 3.22. The second kappa shape index (κ2) is 4.15. The van der Waals surface area contributed by atoms with Crippen LogP contribution in [0.1, 0.15) is 7.43 Å². The van der Waals surface area contributed by atoms with Crippen molar-refractivity contribution in [1.29, 1.82) is 0 Å². The van der Waals surface area contributed by atoms with Crippen molar-refractivity contribution in [1.82, 2.24) is 11.1 Å². The number of rotatable bonds is 0. The number of aromatic amines is 1. The molecule has 0 saturated carbocycles. The molecule has 3 aromatic rings. The third-order valence-electron chi connectivity index (χ3n) is 2.41. The van der Waals surface area contributed by atoms with Crippen LogP contribution < -0.4 is 6.15 Å². The minimum absolute atomic E-state index is 0. The van der Waals surface area contributed by atoms with Crippen LogP contribution in [0, 0.1) is 0 Å². The van der Waals surface area contributed by atoms with Crippen molar-refractivity contribution in [3.63, 3.8) is 0 Å². The number of H-pyrrole nitrogens is 1. The summed E-state index contributed by atoms with van der Waals surface area (Å²) < 4.78 is 0. The molecular weight excluding hydrogens is 184 g/mol. The van der Waals surface area contributed by atoms with E-state index in [1.54, 1.807) is 0 Å². The van der Waals surface area contributed by atoms with Gasteiger partial charge in [-0.2, -0.15) is 0 Å². The van der Waals surface area contributed by atoms with Gasteiger partial charge in [-0.3, -0.25) is 0 Å². The van der Waals surface area contributed by atoms with Crippen LogP contribution in [0.15, 0.2) is 48.5 Å². The highest BCUT2D eigenvalue weighted by Gasteiger charge is 2.00. The van der Waals surface area contributed by atoms with E-state index in [4.69, 9.17) is 0 Å². The predicted molar refractivity (Wildman–Crippen MR) is 67.6 cm³/mol. The maximum absolute atomic E-state index is 3.38. The Balaban J connectivity index is 0.000000562. The third kappa shape index (κ3) is 1.60.